The van der Waals surface area contributed by atoms with Crippen molar-refractivity contribution < 1.29 is 9.59 Å². The van der Waals surface area contributed by atoms with Gasteiger partial charge in [-0.1, -0.05) is 44.2 Å². The van der Waals surface area contributed by atoms with Crippen LogP contribution >= 0.6 is 11.8 Å². The monoisotopic (exact) mass is 330 g/mol. The topological polar surface area (TPSA) is 88.1 Å². The molecule has 2 N–H and O–H groups in total. The van der Waals surface area contributed by atoms with Crippen molar-refractivity contribution in [1.82, 2.24) is 4.90 Å². The number of carbonyl (C=O) groups excluding carboxylic acids is 2. The second-order valence-corrected chi connectivity index (χ2v) is 6.57. The highest BCUT2D eigenvalue weighted by Crippen LogP contribution is 2.35. The summed E-state index contributed by atoms with van der Waals surface area (Å²) < 4.78 is 0. The van der Waals surface area contributed by atoms with Gasteiger partial charge in [0.1, 0.15) is 11.9 Å². The molecule has 2 amide bonds. The van der Waals surface area contributed by atoms with Crippen molar-refractivity contribution in [3.63, 3.8) is 0 Å². The zero-order chi connectivity index (χ0) is 16.6. The quantitative estimate of drug-likeness (QED) is 0.914. The Morgan fingerprint density at radius 1 is 1.43 bits per heavy atom. The summed E-state index contributed by atoms with van der Waals surface area (Å²) in [5, 5.41) is 0.469. The number of benzene rings is 1. The van der Waals surface area contributed by atoms with Gasteiger partial charge in [-0.3, -0.25) is 14.6 Å². The number of thioether (sulfide) groups is 1. The number of primary amides is 1. The first-order valence-electron chi connectivity index (χ1n) is 7.54. The molecule has 0 spiro atoms. The van der Waals surface area contributed by atoms with Crippen LogP contribution in [0.25, 0.3) is 0 Å². The van der Waals surface area contributed by atoms with Crippen molar-refractivity contribution in [2.75, 3.05) is 5.75 Å². The van der Waals surface area contributed by atoms with E-state index in [-0.39, 0.29) is 17.6 Å². The molecule has 0 aliphatic carbocycles. The molecular weight excluding hydrogens is 312 g/mol. The first kappa shape index (κ1) is 15.7. The summed E-state index contributed by atoms with van der Waals surface area (Å²) in [6.07, 6.45) is 0.865. The van der Waals surface area contributed by atoms with Crippen LogP contribution in [0.2, 0.25) is 0 Å². The summed E-state index contributed by atoms with van der Waals surface area (Å²) in [6.45, 7) is 4.06. The zero-order valence-electron chi connectivity index (χ0n) is 13.0. The summed E-state index contributed by atoms with van der Waals surface area (Å²) in [5.41, 5.74) is 6.82. The molecule has 6 nitrogen and oxygen atoms in total. The summed E-state index contributed by atoms with van der Waals surface area (Å²) >= 11 is 1.17. The molecule has 2 heterocycles. The number of fused-ring (bicyclic) bond motifs is 3. The number of rotatable bonds is 4. The average molecular weight is 330 g/mol. The number of aliphatic imine (C=N–C) groups is 2. The molecule has 1 aromatic rings. The number of hydrogen-bond donors (Lipinski definition) is 1. The number of carbonyl (C=O) groups is 2. The fourth-order valence-corrected chi connectivity index (χ4v) is 3.34. The Hall–Kier alpha value is -2.15. The molecule has 0 unspecified atom stereocenters. The van der Waals surface area contributed by atoms with Crippen molar-refractivity contribution in [1.29, 1.82) is 0 Å². The van der Waals surface area contributed by atoms with E-state index in [4.69, 9.17) is 5.73 Å². The summed E-state index contributed by atoms with van der Waals surface area (Å²) in [5.74, 6) is 0.319. The predicted molar refractivity (Wildman–Crippen MR) is 91.8 cm³/mol. The molecule has 7 heteroatoms. The lowest BCUT2D eigenvalue weighted by Gasteiger charge is -2.25. The third-order valence-corrected chi connectivity index (χ3v) is 4.99. The van der Waals surface area contributed by atoms with Gasteiger partial charge >= 0.3 is 0 Å². The van der Waals surface area contributed by atoms with Gasteiger partial charge in [0.15, 0.2) is 5.17 Å². The lowest BCUT2D eigenvalue weighted by molar-refractivity contribution is -0.125. The summed E-state index contributed by atoms with van der Waals surface area (Å²) in [4.78, 5) is 34.6. The first-order valence-corrected chi connectivity index (χ1v) is 8.52. The fraction of sp³-hybridized carbons (Fsp3) is 0.375. The van der Waals surface area contributed by atoms with Crippen LogP contribution in [0.3, 0.4) is 0 Å². The van der Waals surface area contributed by atoms with Crippen molar-refractivity contribution in [3.8, 4) is 0 Å². The summed E-state index contributed by atoms with van der Waals surface area (Å²) in [6, 6.07) is 7.17. The van der Waals surface area contributed by atoms with Gasteiger partial charge in [-0.2, -0.15) is 0 Å². The van der Waals surface area contributed by atoms with E-state index in [1.54, 1.807) is 0 Å². The lowest BCUT2D eigenvalue weighted by atomic mass is 10.00. The Morgan fingerprint density at radius 3 is 2.87 bits per heavy atom. The van der Waals surface area contributed by atoms with Gasteiger partial charge in [-0.25, -0.2) is 9.89 Å². The van der Waals surface area contributed by atoms with Crippen LogP contribution in [0.5, 0.6) is 0 Å². The molecule has 120 valence electrons. The molecule has 23 heavy (non-hydrogen) atoms. The minimum atomic E-state index is -0.444. The van der Waals surface area contributed by atoms with Crippen LogP contribution in [0.1, 0.15) is 25.8 Å². The molecule has 2 aliphatic rings. The van der Waals surface area contributed by atoms with E-state index in [0.717, 1.165) is 17.7 Å². The lowest BCUT2D eigenvalue weighted by Crippen LogP contribution is -2.42. The number of amides is 2. The molecule has 0 fully saturated rings. The number of para-hydroxylation sites is 1. The average Bonchev–Trinajstić information content (AvgIpc) is 2.90. The minimum Gasteiger partial charge on any atom is -0.369 e. The van der Waals surface area contributed by atoms with E-state index in [2.05, 4.69) is 9.98 Å². The Bertz CT molecular complexity index is 729. The molecule has 1 aromatic carbocycles. The molecule has 0 saturated carbocycles. The highest BCUT2D eigenvalue weighted by atomic mass is 32.2. The Balaban J connectivity index is 2.04. The second-order valence-electron chi connectivity index (χ2n) is 5.62. The van der Waals surface area contributed by atoms with Crippen molar-refractivity contribution in [3.05, 3.63) is 29.8 Å². The molecule has 3 rings (SSSR count). The van der Waals surface area contributed by atoms with Crippen LogP contribution in [0.15, 0.2) is 34.3 Å². The van der Waals surface area contributed by atoms with Crippen LogP contribution in [0.4, 0.5) is 5.69 Å². The van der Waals surface area contributed by atoms with E-state index in [9.17, 15) is 9.59 Å². The molecule has 0 saturated heterocycles. The van der Waals surface area contributed by atoms with Gasteiger partial charge in [-0.15, -0.1) is 0 Å². The largest absolute Gasteiger partial charge is 0.369 e. The molecule has 0 radical (unpaired) electrons. The Morgan fingerprint density at radius 2 is 2.17 bits per heavy atom. The van der Waals surface area contributed by atoms with Crippen LogP contribution in [-0.2, 0) is 9.59 Å². The first-order chi connectivity index (χ1) is 11.0. The SMILES string of the molecule is CC[C@H](C)[C@H]1N=C2c3ccccc3N=C(SCC(N)=O)N2C1=O. The highest BCUT2D eigenvalue weighted by Gasteiger charge is 2.42. The molecule has 0 aromatic heterocycles. The number of nitrogens with two attached hydrogens (primary N) is 1. The normalized spacial score (nSPS) is 20.5. The minimum absolute atomic E-state index is 0.0755. The smallest absolute Gasteiger partial charge is 0.259 e. The third kappa shape index (κ3) is 2.76. The van der Waals surface area contributed by atoms with Crippen molar-refractivity contribution in [2.45, 2.75) is 26.3 Å². The highest BCUT2D eigenvalue weighted by molar-refractivity contribution is 8.14. The van der Waals surface area contributed by atoms with Gasteiger partial charge in [0, 0.05) is 5.56 Å². The molecule has 0 bridgehead atoms. The maximum Gasteiger partial charge on any atom is 0.259 e. The van der Waals surface area contributed by atoms with Gasteiger partial charge < -0.3 is 5.73 Å². The van der Waals surface area contributed by atoms with Crippen molar-refractivity contribution in [2.24, 2.45) is 21.6 Å². The van der Waals surface area contributed by atoms with Gasteiger partial charge in [0.05, 0.1) is 11.4 Å². The third-order valence-electron chi connectivity index (χ3n) is 4.03. The van der Waals surface area contributed by atoms with E-state index in [0.29, 0.717) is 11.0 Å². The van der Waals surface area contributed by atoms with Gasteiger partial charge in [0.2, 0.25) is 5.91 Å². The second kappa shape index (κ2) is 6.16. The summed E-state index contributed by atoms with van der Waals surface area (Å²) in [7, 11) is 0. The Labute approximate surface area is 138 Å². The maximum atomic E-state index is 12.8. The van der Waals surface area contributed by atoms with E-state index >= 15 is 0 Å². The molecular formula is C16H18N4O2S. The number of hydrogen-bond acceptors (Lipinski definition) is 5. The predicted octanol–water partition coefficient (Wildman–Crippen LogP) is 1.91. The van der Waals surface area contributed by atoms with Gasteiger partial charge in [0.25, 0.3) is 5.91 Å². The molecule has 2 aliphatic heterocycles. The van der Waals surface area contributed by atoms with Gasteiger partial charge in [-0.05, 0) is 18.1 Å². The van der Waals surface area contributed by atoms with E-state index < -0.39 is 11.9 Å². The van der Waals surface area contributed by atoms with Crippen LogP contribution < -0.4 is 5.73 Å². The standard InChI is InChI=1S/C16H18N4O2S/c1-3-9(2)13-15(22)20-14(19-13)10-6-4-5-7-11(10)18-16(20)23-8-12(17)21/h4-7,9,13H,3,8H2,1-2H3,(H2,17,21)/t9-,13+/m0/s1. The van der Waals surface area contributed by atoms with Crippen LogP contribution in [-0.4, -0.2) is 39.5 Å². The maximum absolute atomic E-state index is 12.8. The zero-order valence-corrected chi connectivity index (χ0v) is 13.8. The van der Waals surface area contributed by atoms with Crippen LogP contribution in [0, 0.1) is 5.92 Å². The fourth-order valence-electron chi connectivity index (χ4n) is 2.60. The number of nitrogens with zero attached hydrogens (tertiary/aromatic N) is 3. The van der Waals surface area contributed by atoms with E-state index in [1.165, 1.54) is 16.7 Å². The number of amidine groups is 2. The Kier molecular flexibility index (Phi) is 4.21. The molecule has 2 atom stereocenters. The van der Waals surface area contributed by atoms with Crippen molar-refractivity contribution >= 4 is 40.3 Å². The van der Waals surface area contributed by atoms with E-state index in [1.807, 2.05) is 38.1 Å².